The van der Waals surface area contributed by atoms with Crippen molar-refractivity contribution in [3.63, 3.8) is 0 Å². The van der Waals surface area contributed by atoms with Gasteiger partial charge in [-0.1, -0.05) is 41.4 Å². The van der Waals surface area contributed by atoms with Gasteiger partial charge in [-0.05, 0) is 30.7 Å². The number of benzene rings is 2. The van der Waals surface area contributed by atoms with Gasteiger partial charge >= 0.3 is 0 Å². The lowest BCUT2D eigenvalue weighted by molar-refractivity contribution is 0.595. The normalized spacial score (nSPS) is 11.5. The molecule has 3 nitrogen and oxygen atoms in total. The van der Waals surface area contributed by atoms with Crippen LogP contribution in [-0.4, -0.2) is 8.42 Å². The molecule has 0 saturated heterocycles. The molecule has 0 aliphatic heterocycles. The molecule has 2 aromatic carbocycles. The fourth-order valence-corrected chi connectivity index (χ4v) is 3.68. The summed E-state index contributed by atoms with van der Waals surface area (Å²) in [5.74, 6) is -0.0869. The Kier molecular flexibility index (Phi) is 3.83. The predicted octanol–water partition coefficient (Wildman–Crippen LogP) is 3.20. The van der Waals surface area contributed by atoms with Crippen LogP contribution in [0.1, 0.15) is 11.1 Å². The van der Waals surface area contributed by atoms with E-state index in [-0.39, 0.29) is 15.7 Å². The predicted molar refractivity (Wildman–Crippen MR) is 77.9 cm³/mol. The maximum absolute atomic E-state index is 12.3. The van der Waals surface area contributed by atoms with E-state index < -0.39 is 9.84 Å². The van der Waals surface area contributed by atoms with Gasteiger partial charge in [-0.3, -0.25) is 0 Å². The summed E-state index contributed by atoms with van der Waals surface area (Å²) < 4.78 is 24.6. The molecule has 5 heteroatoms. The molecule has 0 aliphatic carbocycles. The first-order valence-corrected chi connectivity index (χ1v) is 7.75. The Hall–Kier alpha value is -1.52. The van der Waals surface area contributed by atoms with Gasteiger partial charge in [0.1, 0.15) is 0 Å². The van der Waals surface area contributed by atoms with E-state index in [2.05, 4.69) is 0 Å². The SMILES string of the molecule is Cc1ccc(CS(=O)(=O)c2cc(N)ccc2Cl)cc1. The lowest BCUT2D eigenvalue weighted by Crippen LogP contribution is -2.06. The molecule has 0 fully saturated rings. The van der Waals surface area contributed by atoms with Crippen LogP contribution in [0.15, 0.2) is 47.4 Å². The fourth-order valence-electron chi connectivity index (χ4n) is 1.74. The van der Waals surface area contributed by atoms with E-state index in [1.54, 1.807) is 18.2 Å². The zero-order valence-corrected chi connectivity index (χ0v) is 12.0. The molecule has 0 spiro atoms. The number of anilines is 1. The van der Waals surface area contributed by atoms with Gasteiger partial charge in [-0.25, -0.2) is 8.42 Å². The van der Waals surface area contributed by atoms with Crippen LogP contribution in [0.2, 0.25) is 5.02 Å². The van der Waals surface area contributed by atoms with Crippen molar-refractivity contribution in [1.29, 1.82) is 0 Å². The van der Waals surface area contributed by atoms with E-state index in [0.29, 0.717) is 5.69 Å². The summed E-state index contributed by atoms with van der Waals surface area (Å²) in [4.78, 5) is 0.0785. The molecule has 0 saturated carbocycles. The largest absolute Gasteiger partial charge is 0.399 e. The van der Waals surface area contributed by atoms with Crippen LogP contribution in [0, 0.1) is 6.92 Å². The highest BCUT2D eigenvalue weighted by Crippen LogP contribution is 2.26. The number of halogens is 1. The summed E-state index contributed by atoms with van der Waals surface area (Å²) >= 11 is 5.94. The Balaban J connectivity index is 2.37. The second kappa shape index (κ2) is 5.23. The first kappa shape index (κ1) is 13.9. The highest BCUT2D eigenvalue weighted by molar-refractivity contribution is 7.90. The van der Waals surface area contributed by atoms with Crippen LogP contribution in [0.3, 0.4) is 0 Å². The summed E-state index contributed by atoms with van der Waals surface area (Å²) in [6.45, 7) is 1.95. The molecule has 0 amide bonds. The van der Waals surface area contributed by atoms with Crippen LogP contribution in [0.25, 0.3) is 0 Å². The van der Waals surface area contributed by atoms with E-state index in [1.165, 1.54) is 12.1 Å². The number of hydrogen-bond acceptors (Lipinski definition) is 3. The molecule has 0 radical (unpaired) electrons. The summed E-state index contributed by atoms with van der Waals surface area (Å²) in [5, 5.41) is 0.196. The standard InChI is InChI=1S/C14H14ClNO2S/c1-10-2-4-11(5-3-10)9-19(17,18)14-8-12(16)6-7-13(14)15/h2-8H,9,16H2,1H3. The fraction of sp³-hybridized carbons (Fsp3) is 0.143. The summed E-state index contributed by atoms with van der Waals surface area (Å²) in [6, 6.07) is 11.8. The van der Waals surface area contributed by atoms with Crippen LogP contribution >= 0.6 is 11.6 Å². The maximum Gasteiger partial charge on any atom is 0.184 e. The number of rotatable bonds is 3. The average molecular weight is 296 g/mol. The first-order valence-electron chi connectivity index (χ1n) is 5.72. The number of aryl methyl sites for hydroxylation is 1. The quantitative estimate of drug-likeness (QED) is 0.885. The van der Waals surface area contributed by atoms with E-state index >= 15 is 0 Å². The highest BCUT2D eigenvalue weighted by atomic mass is 35.5. The molecule has 2 aromatic rings. The number of nitrogen functional groups attached to an aromatic ring is 1. The van der Waals surface area contributed by atoms with Crippen LogP contribution in [0.4, 0.5) is 5.69 Å². The molecule has 0 unspecified atom stereocenters. The molecule has 2 rings (SSSR count). The zero-order chi connectivity index (χ0) is 14.0. The number of sulfone groups is 1. The van der Waals surface area contributed by atoms with Crippen molar-refractivity contribution < 1.29 is 8.42 Å². The lowest BCUT2D eigenvalue weighted by atomic mass is 10.2. The van der Waals surface area contributed by atoms with Crippen molar-refractivity contribution in [1.82, 2.24) is 0 Å². The van der Waals surface area contributed by atoms with Gasteiger partial charge in [-0.2, -0.15) is 0 Å². The number of nitrogens with two attached hydrogens (primary N) is 1. The topological polar surface area (TPSA) is 60.2 Å². The van der Waals surface area contributed by atoms with E-state index in [9.17, 15) is 8.42 Å². The van der Waals surface area contributed by atoms with Crippen molar-refractivity contribution >= 4 is 27.1 Å². The van der Waals surface area contributed by atoms with Gasteiger partial charge < -0.3 is 5.73 Å². The first-order chi connectivity index (χ1) is 8.88. The van der Waals surface area contributed by atoms with Crippen molar-refractivity contribution in [2.45, 2.75) is 17.6 Å². The molecule has 19 heavy (non-hydrogen) atoms. The van der Waals surface area contributed by atoms with E-state index in [0.717, 1.165) is 11.1 Å². The molecule has 0 bridgehead atoms. The van der Waals surface area contributed by atoms with E-state index in [1.807, 2.05) is 19.1 Å². The van der Waals surface area contributed by atoms with Crippen LogP contribution in [-0.2, 0) is 15.6 Å². The van der Waals surface area contributed by atoms with E-state index in [4.69, 9.17) is 17.3 Å². The molecule has 0 atom stereocenters. The highest BCUT2D eigenvalue weighted by Gasteiger charge is 2.19. The minimum absolute atomic E-state index is 0.0785. The second-order valence-electron chi connectivity index (χ2n) is 4.43. The monoisotopic (exact) mass is 295 g/mol. The van der Waals surface area contributed by atoms with Gasteiger partial charge in [0.25, 0.3) is 0 Å². The zero-order valence-electron chi connectivity index (χ0n) is 10.4. The van der Waals surface area contributed by atoms with Crippen molar-refractivity contribution in [2.24, 2.45) is 0 Å². The summed E-state index contributed by atoms with van der Waals surface area (Å²) in [5.41, 5.74) is 7.81. The molecule has 100 valence electrons. The van der Waals surface area contributed by atoms with Crippen LogP contribution in [0.5, 0.6) is 0 Å². The Morgan fingerprint density at radius 1 is 1.11 bits per heavy atom. The second-order valence-corrected chi connectivity index (χ2v) is 6.80. The van der Waals surface area contributed by atoms with Gasteiger partial charge in [0.2, 0.25) is 0 Å². The third-order valence-electron chi connectivity index (χ3n) is 2.77. The van der Waals surface area contributed by atoms with Gasteiger partial charge in [0.15, 0.2) is 9.84 Å². The molecule has 0 aliphatic rings. The Bertz CT molecular complexity index is 694. The van der Waals surface area contributed by atoms with Gasteiger partial charge in [-0.15, -0.1) is 0 Å². The number of hydrogen-bond donors (Lipinski definition) is 1. The lowest BCUT2D eigenvalue weighted by Gasteiger charge is -2.08. The van der Waals surface area contributed by atoms with Crippen molar-refractivity contribution in [3.8, 4) is 0 Å². The minimum atomic E-state index is -3.49. The minimum Gasteiger partial charge on any atom is -0.399 e. The molecule has 0 aromatic heterocycles. The smallest absolute Gasteiger partial charge is 0.184 e. The Labute approximate surface area is 117 Å². The average Bonchev–Trinajstić information content (AvgIpc) is 2.35. The van der Waals surface area contributed by atoms with Gasteiger partial charge in [0, 0.05) is 5.69 Å². The summed E-state index contributed by atoms with van der Waals surface area (Å²) in [7, 11) is -3.49. The third-order valence-corrected chi connectivity index (χ3v) is 4.93. The molecular weight excluding hydrogens is 282 g/mol. The Morgan fingerprint density at radius 2 is 1.74 bits per heavy atom. The maximum atomic E-state index is 12.3. The van der Waals surface area contributed by atoms with Crippen molar-refractivity contribution in [3.05, 3.63) is 58.6 Å². The van der Waals surface area contributed by atoms with Gasteiger partial charge in [0.05, 0.1) is 15.7 Å². The Morgan fingerprint density at radius 3 is 2.37 bits per heavy atom. The third kappa shape index (κ3) is 3.28. The molecule has 0 heterocycles. The molecule has 2 N–H and O–H groups in total. The van der Waals surface area contributed by atoms with Crippen LogP contribution < -0.4 is 5.73 Å². The van der Waals surface area contributed by atoms with Crippen molar-refractivity contribution in [2.75, 3.05) is 5.73 Å². The summed E-state index contributed by atoms with van der Waals surface area (Å²) in [6.07, 6.45) is 0. The molecular formula is C14H14ClNO2S.